The van der Waals surface area contributed by atoms with Crippen LogP contribution in [0, 0.1) is 5.92 Å². The van der Waals surface area contributed by atoms with Gasteiger partial charge in [0.05, 0.1) is 6.61 Å². The molecule has 0 heterocycles. The first-order valence-corrected chi connectivity index (χ1v) is 7.38. The minimum absolute atomic E-state index is 0.0762. The van der Waals surface area contributed by atoms with Crippen molar-refractivity contribution in [2.24, 2.45) is 5.92 Å². The Morgan fingerprint density at radius 3 is 2.53 bits per heavy atom. The Labute approximate surface area is 117 Å². The summed E-state index contributed by atoms with van der Waals surface area (Å²) in [5, 5.41) is 0. The third-order valence-corrected chi connectivity index (χ3v) is 3.15. The summed E-state index contributed by atoms with van der Waals surface area (Å²) >= 11 is 0. The fraction of sp³-hybridized carbons (Fsp3) is 0.588. The molecule has 1 aromatic carbocycles. The number of aryl methyl sites for hydroxylation is 1. The van der Waals surface area contributed by atoms with Crippen LogP contribution in [-0.4, -0.2) is 12.6 Å². The fourth-order valence-electron chi connectivity index (χ4n) is 1.98. The smallest absolute Gasteiger partial charge is 0.306 e. The lowest BCUT2D eigenvalue weighted by atomic mass is 10.1. The van der Waals surface area contributed by atoms with Gasteiger partial charge in [-0.15, -0.1) is 0 Å². The van der Waals surface area contributed by atoms with Crippen molar-refractivity contribution in [2.75, 3.05) is 6.61 Å². The number of ether oxygens (including phenoxy) is 1. The maximum atomic E-state index is 11.5. The van der Waals surface area contributed by atoms with E-state index in [1.54, 1.807) is 0 Å². The summed E-state index contributed by atoms with van der Waals surface area (Å²) in [6.45, 7) is 5.05. The Bertz CT molecular complexity index is 344. The zero-order valence-electron chi connectivity index (χ0n) is 12.2. The molecule has 0 unspecified atom stereocenters. The lowest BCUT2D eigenvalue weighted by molar-refractivity contribution is -0.143. The summed E-state index contributed by atoms with van der Waals surface area (Å²) in [5.41, 5.74) is 1.19. The van der Waals surface area contributed by atoms with Crippen LogP contribution in [0.3, 0.4) is 0 Å². The Hall–Kier alpha value is -1.31. The number of benzene rings is 1. The molecule has 1 aromatic rings. The molecule has 0 fully saturated rings. The second-order valence-corrected chi connectivity index (χ2v) is 5.45. The molecular weight excluding hydrogens is 236 g/mol. The topological polar surface area (TPSA) is 26.3 Å². The summed E-state index contributed by atoms with van der Waals surface area (Å²) in [7, 11) is 0. The van der Waals surface area contributed by atoms with Crippen molar-refractivity contribution in [3.05, 3.63) is 35.9 Å². The van der Waals surface area contributed by atoms with E-state index in [-0.39, 0.29) is 5.97 Å². The highest BCUT2D eigenvalue weighted by atomic mass is 16.5. The number of unbranched alkanes of at least 4 members (excludes halogenated alkanes) is 2. The van der Waals surface area contributed by atoms with E-state index < -0.39 is 0 Å². The average Bonchev–Trinajstić information content (AvgIpc) is 2.41. The van der Waals surface area contributed by atoms with Gasteiger partial charge in [0.25, 0.3) is 0 Å². The summed E-state index contributed by atoms with van der Waals surface area (Å²) in [4.78, 5) is 11.5. The predicted octanol–water partition coefficient (Wildman–Crippen LogP) is 4.38. The van der Waals surface area contributed by atoms with E-state index >= 15 is 0 Å². The van der Waals surface area contributed by atoms with Gasteiger partial charge in [0, 0.05) is 6.42 Å². The monoisotopic (exact) mass is 262 g/mol. The minimum Gasteiger partial charge on any atom is -0.466 e. The molecule has 0 saturated heterocycles. The minimum atomic E-state index is -0.0762. The van der Waals surface area contributed by atoms with Crippen molar-refractivity contribution in [1.29, 1.82) is 0 Å². The Morgan fingerprint density at radius 2 is 1.84 bits per heavy atom. The van der Waals surface area contributed by atoms with Gasteiger partial charge in [-0.1, -0.05) is 63.4 Å². The van der Waals surface area contributed by atoms with Crippen molar-refractivity contribution < 1.29 is 9.53 Å². The molecule has 0 radical (unpaired) electrons. The SMILES string of the molecule is CC(C)CCCCCOC(=O)CCc1ccccc1. The van der Waals surface area contributed by atoms with E-state index in [0.717, 1.165) is 25.2 Å². The molecule has 0 spiro atoms. The van der Waals surface area contributed by atoms with Crippen molar-refractivity contribution in [3.63, 3.8) is 0 Å². The van der Waals surface area contributed by atoms with Crippen LogP contribution in [0.5, 0.6) is 0 Å². The average molecular weight is 262 g/mol. The van der Waals surface area contributed by atoms with Gasteiger partial charge in [-0.3, -0.25) is 4.79 Å². The number of hydrogen-bond donors (Lipinski definition) is 0. The van der Waals surface area contributed by atoms with E-state index in [2.05, 4.69) is 13.8 Å². The van der Waals surface area contributed by atoms with Gasteiger partial charge >= 0.3 is 5.97 Å². The van der Waals surface area contributed by atoms with Crippen LogP contribution in [0.15, 0.2) is 30.3 Å². The molecule has 0 aliphatic rings. The largest absolute Gasteiger partial charge is 0.466 e. The van der Waals surface area contributed by atoms with Gasteiger partial charge in [0.1, 0.15) is 0 Å². The van der Waals surface area contributed by atoms with Crippen LogP contribution in [-0.2, 0) is 16.0 Å². The van der Waals surface area contributed by atoms with Gasteiger partial charge in [0.15, 0.2) is 0 Å². The molecule has 106 valence electrons. The Kier molecular flexibility index (Phi) is 7.95. The van der Waals surface area contributed by atoms with Crippen LogP contribution in [0.25, 0.3) is 0 Å². The molecule has 2 heteroatoms. The molecule has 0 aliphatic heterocycles. The third kappa shape index (κ3) is 8.41. The highest BCUT2D eigenvalue weighted by Gasteiger charge is 2.03. The van der Waals surface area contributed by atoms with Gasteiger partial charge in [-0.25, -0.2) is 0 Å². The molecule has 19 heavy (non-hydrogen) atoms. The lowest BCUT2D eigenvalue weighted by Crippen LogP contribution is -2.07. The number of rotatable bonds is 9. The Morgan fingerprint density at radius 1 is 1.11 bits per heavy atom. The summed E-state index contributed by atoms with van der Waals surface area (Å²) in [5.74, 6) is 0.695. The van der Waals surface area contributed by atoms with Crippen molar-refractivity contribution in [1.82, 2.24) is 0 Å². The molecule has 0 N–H and O–H groups in total. The van der Waals surface area contributed by atoms with Crippen molar-refractivity contribution in [2.45, 2.75) is 52.4 Å². The van der Waals surface area contributed by atoms with Crippen LogP contribution in [0.1, 0.15) is 51.5 Å². The van der Waals surface area contributed by atoms with Crippen LogP contribution in [0.4, 0.5) is 0 Å². The highest BCUT2D eigenvalue weighted by Crippen LogP contribution is 2.08. The Balaban J connectivity index is 1.99. The first-order chi connectivity index (χ1) is 9.18. The third-order valence-electron chi connectivity index (χ3n) is 3.15. The number of hydrogen-bond acceptors (Lipinski definition) is 2. The van der Waals surface area contributed by atoms with Gasteiger partial charge in [-0.05, 0) is 24.3 Å². The van der Waals surface area contributed by atoms with Crippen LogP contribution in [0.2, 0.25) is 0 Å². The number of carbonyl (C=O) groups excluding carboxylic acids is 1. The van der Waals surface area contributed by atoms with E-state index in [9.17, 15) is 4.79 Å². The van der Waals surface area contributed by atoms with Gasteiger partial charge < -0.3 is 4.74 Å². The zero-order chi connectivity index (χ0) is 13.9. The quantitative estimate of drug-likeness (QED) is 0.487. The molecule has 0 amide bonds. The number of esters is 1. The number of carbonyl (C=O) groups is 1. The molecule has 1 rings (SSSR count). The first kappa shape index (κ1) is 15.7. The van der Waals surface area contributed by atoms with E-state index in [0.29, 0.717) is 13.0 Å². The first-order valence-electron chi connectivity index (χ1n) is 7.38. The standard InChI is InChI=1S/C17H26O2/c1-15(2)9-5-4-8-14-19-17(18)13-12-16-10-6-3-7-11-16/h3,6-7,10-11,15H,4-5,8-9,12-14H2,1-2H3. The molecular formula is C17H26O2. The van der Waals surface area contributed by atoms with E-state index in [4.69, 9.17) is 4.74 Å². The maximum Gasteiger partial charge on any atom is 0.306 e. The molecule has 0 aromatic heterocycles. The molecule has 0 bridgehead atoms. The summed E-state index contributed by atoms with van der Waals surface area (Å²) < 4.78 is 5.23. The van der Waals surface area contributed by atoms with Gasteiger partial charge in [0.2, 0.25) is 0 Å². The summed E-state index contributed by atoms with van der Waals surface area (Å²) in [6, 6.07) is 10.1. The molecule has 0 aliphatic carbocycles. The van der Waals surface area contributed by atoms with Crippen molar-refractivity contribution >= 4 is 5.97 Å². The van der Waals surface area contributed by atoms with E-state index in [1.807, 2.05) is 30.3 Å². The van der Waals surface area contributed by atoms with Crippen LogP contribution < -0.4 is 0 Å². The predicted molar refractivity (Wildman–Crippen MR) is 79.0 cm³/mol. The normalized spacial score (nSPS) is 10.7. The van der Waals surface area contributed by atoms with Crippen molar-refractivity contribution in [3.8, 4) is 0 Å². The molecule has 2 nitrogen and oxygen atoms in total. The maximum absolute atomic E-state index is 11.5. The highest BCUT2D eigenvalue weighted by molar-refractivity contribution is 5.69. The van der Waals surface area contributed by atoms with Gasteiger partial charge in [-0.2, -0.15) is 0 Å². The molecule has 0 saturated carbocycles. The van der Waals surface area contributed by atoms with Crippen LogP contribution >= 0.6 is 0 Å². The second-order valence-electron chi connectivity index (χ2n) is 5.45. The molecule has 0 atom stereocenters. The van der Waals surface area contributed by atoms with E-state index in [1.165, 1.54) is 18.4 Å². The zero-order valence-corrected chi connectivity index (χ0v) is 12.2. The second kappa shape index (κ2) is 9.60. The fourth-order valence-corrected chi connectivity index (χ4v) is 1.98. The lowest BCUT2D eigenvalue weighted by Gasteiger charge is -2.06. The summed E-state index contributed by atoms with van der Waals surface area (Å²) in [6.07, 6.45) is 5.90.